The molecule has 9 N–H and O–H groups in total. The Hall–Kier alpha value is -8.34. The number of hydrazine groups is 1. The number of thioether (sulfide) groups is 1. The number of rotatable bonds is 43. The van der Waals surface area contributed by atoms with E-state index < -0.39 is 11.9 Å². The Morgan fingerprint density at radius 1 is 0.705 bits per heavy atom. The van der Waals surface area contributed by atoms with Crippen LogP contribution in [0.3, 0.4) is 0 Å². The van der Waals surface area contributed by atoms with Crippen molar-refractivity contribution in [1.29, 1.82) is 0 Å². The number of nitrogens with one attached hydrogen (secondary N) is 8. The highest BCUT2D eigenvalue weighted by Crippen LogP contribution is 2.33. The van der Waals surface area contributed by atoms with Gasteiger partial charge in [0.25, 0.3) is 11.8 Å². The number of fused-ring (bicyclic) bond motifs is 1. The number of hydrogen-bond donors (Lipinski definition) is 9. The second kappa shape index (κ2) is 38.0. The molecule has 5 aromatic rings. The number of azide groups is 1. The molecule has 2 fully saturated rings. The number of phenols is 1. The molecule has 0 saturated carbocycles. The zero-order valence-electron chi connectivity index (χ0n) is 49.0. The van der Waals surface area contributed by atoms with Crippen LogP contribution in [0.5, 0.6) is 5.75 Å². The van der Waals surface area contributed by atoms with E-state index in [1.807, 2.05) is 17.8 Å². The molecule has 1 aromatic heterocycles. The van der Waals surface area contributed by atoms with E-state index in [0.29, 0.717) is 151 Å². The number of nitrogens with zero attached hydrogens (tertiary/aromatic N) is 6. The maximum atomic E-state index is 13.8. The molecule has 27 nitrogen and oxygen atoms in total. The summed E-state index contributed by atoms with van der Waals surface area (Å²) in [5.74, 6) is -0.480. The van der Waals surface area contributed by atoms with E-state index >= 15 is 0 Å². The Balaban J connectivity index is 0.777. The van der Waals surface area contributed by atoms with Crippen molar-refractivity contribution in [3.63, 3.8) is 0 Å². The zero-order chi connectivity index (χ0) is 62.0. The lowest BCUT2D eigenvalue weighted by Crippen LogP contribution is -2.48. The number of ether oxygens (including phenoxy) is 6. The summed E-state index contributed by atoms with van der Waals surface area (Å²) < 4.78 is 34.7. The van der Waals surface area contributed by atoms with Crippen LogP contribution in [0.4, 0.5) is 16.2 Å². The summed E-state index contributed by atoms with van der Waals surface area (Å²) in [5, 5.41) is 40.3. The van der Waals surface area contributed by atoms with E-state index in [-0.39, 0.29) is 78.6 Å². The first kappa shape index (κ1) is 67.2. The molecular formula is C60H78N14O13S. The van der Waals surface area contributed by atoms with Crippen molar-refractivity contribution in [2.24, 2.45) is 5.11 Å². The molecule has 2 unspecified atom stereocenters. The first-order valence-corrected chi connectivity index (χ1v) is 30.4. The Labute approximate surface area is 514 Å². The van der Waals surface area contributed by atoms with Crippen molar-refractivity contribution in [3.8, 4) is 5.75 Å². The minimum Gasteiger partial charge on any atom is -0.506 e. The second-order valence-corrected chi connectivity index (χ2v) is 21.6. The molecule has 4 atom stereocenters. The number of aromatic hydroxyl groups is 1. The maximum Gasteiger partial charge on any atom is 0.315 e. The average molecular weight is 1240 g/mol. The standard InChI is InChI=1S/C60H78N14O13S/c61-72-65-24-28-84-32-36-86-34-30-83-27-23-64-58(79)46-15-17-47(18-16-46)69-71-49-38-42(10-19-52(49)75)20-21-62-59(80)50(66-54(76)9-5-4-8-53-55-51(41-88-53)67-60(81)68-55)39-48-40-74(73-70-48)25-29-85-33-37-87-35-31-82-26-22-63-57(78)45-13-11-44(12-14-45)56(77)43-6-2-1-3-7-43/h1-3,6-7,10-19,38,40,50-51,53,55,69,71,75H,4-5,8-9,20-37,39,41H2,(H,62,80)(H,63,78)(H,64,79)(H,66,76)(H2,67,68,81)/t50?,51-,53?,55-/m0/s1. The Kier molecular flexibility index (Phi) is 29.0. The molecule has 4 aromatic carbocycles. The van der Waals surface area contributed by atoms with E-state index in [4.69, 9.17) is 34.0 Å². The topological polar surface area (TPSA) is 354 Å². The summed E-state index contributed by atoms with van der Waals surface area (Å²) >= 11 is 1.82. The fourth-order valence-corrected chi connectivity index (χ4v) is 10.8. The third-order valence-corrected chi connectivity index (χ3v) is 15.4. The lowest BCUT2D eigenvalue weighted by atomic mass is 10.0. The zero-order valence-corrected chi connectivity index (χ0v) is 49.8. The van der Waals surface area contributed by atoms with E-state index in [9.17, 15) is 33.9 Å². The van der Waals surface area contributed by atoms with Crippen LogP contribution >= 0.6 is 11.8 Å². The number of amides is 6. The highest BCUT2D eigenvalue weighted by atomic mass is 32.2. The van der Waals surface area contributed by atoms with Gasteiger partial charge in [0.1, 0.15) is 11.8 Å². The van der Waals surface area contributed by atoms with Crippen LogP contribution in [0, 0.1) is 0 Å². The Bertz CT molecular complexity index is 3030. The van der Waals surface area contributed by atoms with Gasteiger partial charge in [0.15, 0.2) is 5.78 Å². The van der Waals surface area contributed by atoms with Crippen LogP contribution in [0.2, 0.25) is 0 Å². The molecule has 7 rings (SSSR count). The van der Waals surface area contributed by atoms with E-state index in [1.165, 1.54) is 0 Å². The number of phenolic OH excluding ortho intramolecular Hbond substituents is 1. The fraction of sp³-hybridized carbons (Fsp3) is 0.467. The number of ketones is 1. The Morgan fingerprint density at radius 3 is 1.99 bits per heavy atom. The van der Waals surface area contributed by atoms with Gasteiger partial charge in [-0.3, -0.25) is 29.4 Å². The predicted octanol–water partition coefficient (Wildman–Crippen LogP) is 4.34. The van der Waals surface area contributed by atoms with E-state index in [0.717, 1.165) is 24.2 Å². The quantitative estimate of drug-likeness (QED) is 0.00383. The molecule has 0 spiro atoms. The van der Waals surface area contributed by atoms with E-state index in [2.05, 4.69) is 63.1 Å². The monoisotopic (exact) mass is 1230 g/mol. The third kappa shape index (κ3) is 23.7. The van der Waals surface area contributed by atoms with Crippen LogP contribution in [0.25, 0.3) is 10.4 Å². The van der Waals surface area contributed by atoms with Crippen molar-refractivity contribution in [2.75, 3.05) is 122 Å². The summed E-state index contributed by atoms with van der Waals surface area (Å²) in [6.45, 7) is 5.54. The van der Waals surface area contributed by atoms with Gasteiger partial charge in [0.05, 0.1) is 115 Å². The molecular weight excluding hydrogens is 1160 g/mol. The lowest BCUT2D eigenvalue weighted by molar-refractivity contribution is -0.129. The van der Waals surface area contributed by atoms with Crippen molar-refractivity contribution in [2.45, 2.75) is 68.4 Å². The second-order valence-electron chi connectivity index (χ2n) is 20.3. The minimum atomic E-state index is -0.951. The molecule has 28 heteroatoms. The number of benzene rings is 4. The van der Waals surface area contributed by atoms with Gasteiger partial charge in [0.2, 0.25) is 11.8 Å². The fourth-order valence-electron chi connectivity index (χ4n) is 9.24. The van der Waals surface area contributed by atoms with Gasteiger partial charge in [-0.1, -0.05) is 65.3 Å². The lowest BCUT2D eigenvalue weighted by Gasteiger charge is -2.19. The molecule has 472 valence electrons. The number of carbonyl (C=O) groups excluding carboxylic acids is 6. The van der Waals surface area contributed by atoms with Gasteiger partial charge < -0.3 is 70.9 Å². The number of unbranched alkanes of at least 4 members (excludes halogenated alkanes) is 1. The van der Waals surface area contributed by atoms with Gasteiger partial charge in [0, 0.05) is 83.4 Å². The van der Waals surface area contributed by atoms with Crippen molar-refractivity contribution in [3.05, 3.63) is 147 Å². The number of carbonyl (C=O) groups is 6. The van der Waals surface area contributed by atoms with E-state index in [1.54, 1.807) is 102 Å². The third-order valence-electron chi connectivity index (χ3n) is 13.9. The summed E-state index contributed by atoms with van der Waals surface area (Å²) in [6.07, 6.45) is 4.65. The van der Waals surface area contributed by atoms with Gasteiger partial charge >= 0.3 is 6.03 Å². The summed E-state index contributed by atoms with van der Waals surface area (Å²) in [4.78, 5) is 79.7. The molecule has 6 amide bonds. The van der Waals surface area contributed by atoms with Crippen LogP contribution in [-0.2, 0) is 57.4 Å². The number of aromatic nitrogens is 3. The van der Waals surface area contributed by atoms with Gasteiger partial charge in [-0.15, -0.1) is 5.10 Å². The number of hydrogen-bond acceptors (Lipinski definition) is 19. The molecule has 3 heterocycles. The summed E-state index contributed by atoms with van der Waals surface area (Å²) in [5.41, 5.74) is 18.6. The molecule has 2 saturated heterocycles. The van der Waals surface area contributed by atoms with Gasteiger partial charge in [-0.25, -0.2) is 9.48 Å². The normalized spacial score (nSPS) is 15.2. The van der Waals surface area contributed by atoms with Gasteiger partial charge in [-0.2, -0.15) is 11.8 Å². The molecule has 0 bridgehead atoms. The van der Waals surface area contributed by atoms with Crippen molar-refractivity contribution in [1.82, 2.24) is 46.9 Å². The van der Waals surface area contributed by atoms with Crippen molar-refractivity contribution >= 4 is 58.6 Å². The first-order chi connectivity index (χ1) is 43.0. The maximum absolute atomic E-state index is 13.8. The van der Waals surface area contributed by atoms with Gasteiger partial charge in [-0.05, 0) is 78.9 Å². The SMILES string of the molecule is [N-]=[N+]=NCCOCCOCCOCCNC(=O)c1ccc(NNc2cc(CCNC(=O)C(Cc3cn(CCOCCOCCOCCNC(=O)c4ccc(C(=O)c5ccccc5)cc4)nn3)NC(=O)CCCCC3SC[C@@H]4NC(=O)N[C@H]34)ccc2O)cc1. The molecule has 88 heavy (non-hydrogen) atoms. The van der Waals surface area contributed by atoms with Crippen LogP contribution < -0.4 is 42.8 Å². The summed E-state index contributed by atoms with van der Waals surface area (Å²) in [7, 11) is 0. The largest absolute Gasteiger partial charge is 0.506 e. The van der Waals surface area contributed by atoms with Crippen molar-refractivity contribution < 1.29 is 62.3 Å². The Morgan fingerprint density at radius 2 is 1.32 bits per heavy atom. The minimum absolute atomic E-state index is 0.0150. The molecule has 0 radical (unpaired) electrons. The first-order valence-electron chi connectivity index (χ1n) is 29.3. The molecule has 2 aliphatic rings. The molecule has 2 aliphatic heterocycles. The average Bonchev–Trinajstić information content (AvgIpc) is 4.24. The highest BCUT2D eigenvalue weighted by molar-refractivity contribution is 8.00. The summed E-state index contributed by atoms with van der Waals surface area (Å²) in [6, 6.07) is 26.4. The predicted molar refractivity (Wildman–Crippen MR) is 328 cm³/mol. The highest BCUT2D eigenvalue weighted by Gasteiger charge is 2.42. The number of anilines is 2. The van der Waals surface area contributed by atoms with Crippen LogP contribution in [0.1, 0.15) is 73.6 Å². The molecule has 0 aliphatic carbocycles. The smallest absolute Gasteiger partial charge is 0.315 e. The number of urea groups is 1. The van der Waals surface area contributed by atoms with Crippen LogP contribution in [-0.4, -0.2) is 190 Å². The van der Waals surface area contributed by atoms with Crippen LogP contribution in [0.15, 0.2) is 108 Å².